The van der Waals surface area contributed by atoms with Crippen molar-refractivity contribution < 1.29 is 19.6 Å². The topological polar surface area (TPSA) is 152 Å². The summed E-state index contributed by atoms with van der Waals surface area (Å²) in [7, 11) is 0. The van der Waals surface area contributed by atoms with Crippen molar-refractivity contribution in [3.8, 4) is 0 Å². The molecule has 1 aromatic rings. The molecular formula is C14H24N5O3+. The number of pyridine rings is 1. The molecule has 8 nitrogen and oxygen atoms in total. The first-order valence-corrected chi connectivity index (χ1v) is 7.07. The van der Waals surface area contributed by atoms with Crippen LogP contribution in [0.4, 0.5) is 0 Å². The third-order valence-corrected chi connectivity index (χ3v) is 3.20. The molecule has 22 heavy (non-hydrogen) atoms. The van der Waals surface area contributed by atoms with Gasteiger partial charge in [-0.25, -0.2) is 4.57 Å². The van der Waals surface area contributed by atoms with E-state index in [-0.39, 0.29) is 18.4 Å². The Kier molecular flexibility index (Phi) is 7.27. The standard InChI is InChI=1S/C14H23N5O3/c15-11(2-1-5-18-14(16)17)12(20)9-19-6-3-10(4-7-19)8-13(21)22/h3-4,6-7,11-12,20H,1-2,5,8-9,15H2,(H4-,16,17,18,21,22)/p+1/t11-,12+/m0/s1. The molecule has 1 rings (SSSR count). The molecule has 2 atom stereocenters. The van der Waals surface area contributed by atoms with Crippen LogP contribution in [0.1, 0.15) is 18.4 Å². The number of hydrogen-bond donors (Lipinski definition) is 5. The van der Waals surface area contributed by atoms with Gasteiger partial charge < -0.3 is 27.4 Å². The van der Waals surface area contributed by atoms with Crippen LogP contribution in [0.3, 0.4) is 0 Å². The van der Waals surface area contributed by atoms with Gasteiger partial charge in [0.2, 0.25) is 0 Å². The minimum atomic E-state index is -0.874. The van der Waals surface area contributed by atoms with E-state index in [0.717, 1.165) is 0 Å². The molecule has 0 spiro atoms. The van der Waals surface area contributed by atoms with Crippen molar-refractivity contribution in [1.29, 1.82) is 0 Å². The third kappa shape index (κ3) is 7.00. The Morgan fingerprint density at radius 1 is 1.32 bits per heavy atom. The molecule has 8 heteroatoms. The van der Waals surface area contributed by atoms with E-state index in [1.807, 2.05) is 0 Å². The van der Waals surface area contributed by atoms with E-state index < -0.39 is 12.1 Å². The molecule has 0 saturated carbocycles. The number of nitrogens with two attached hydrogens (primary N) is 3. The zero-order valence-corrected chi connectivity index (χ0v) is 12.4. The van der Waals surface area contributed by atoms with E-state index >= 15 is 0 Å². The molecule has 0 radical (unpaired) electrons. The number of aliphatic imine (C=N–C) groups is 1. The van der Waals surface area contributed by atoms with Crippen LogP contribution in [0.15, 0.2) is 29.5 Å². The maximum Gasteiger partial charge on any atom is 0.307 e. The van der Waals surface area contributed by atoms with Gasteiger partial charge in [-0.15, -0.1) is 0 Å². The highest BCUT2D eigenvalue weighted by atomic mass is 16.4. The molecule has 0 aliphatic heterocycles. The van der Waals surface area contributed by atoms with Crippen LogP contribution in [0, 0.1) is 0 Å². The van der Waals surface area contributed by atoms with Crippen molar-refractivity contribution in [3.63, 3.8) is 0 Å². The van der Waals surface area contributed by atoms with Crippen LogP contribution in [0.2, 0.25) is 0 Å². The van der Waals surface area contributed by atoms with Gasteiger partial charge in [-0.2, -0.15) is 0 Å². The second-order valence-corrected chi connectivity index (χ2v) is 5.15. The molecule has 0 aromatic carbocycles. The lowest BCUT2D eigenvalue weighted by Crippen LogP contribution is -2.47. The molecule has 8 N–H and O–H groups in total. The quantitative estimate of drug-likeness (QED) is 0.159. The summed E-state index contributed by atoms with van der Waals surface area (Å²) in [5.74, 6) is -0.827. The van der Waals surface area contributed by atoms with Gasteiger partial charge in [0.05, 0.1) is 6.42 Å². The monoisotopic (exact) mass is 310 g/mol. The average Bonchev–Trinajstić information content (AvgIpc) is 2.44. The highest BCUT2D eigenvalue weighted by Gasteiger charge is 2.19. The Hall–Kier alpha value is -2.19. The molecule has 0 unspecified atom stereocenters. The zero-order chi connectivity index (χ0) is 16.5. The summed E-state index contributed by atoms with van der Waals surface area (Å²) in [6, 6.07) is 3.05. The minimum Gasteiger partial charge on any atom is -0.481 e. The van der Waals surface area contributed by atoms with E-state index in [0.29, 0.717) is 31.5 Å². The van der Waals surface area contributed by atoms with E-state index in [1.54, 1.807) is 29.1 Å². The number of nitrogens with zero attached hydrogens (tertiary/aromatic N) is 2. The highest BCUT2D eigenvalue weighted by molar-refractivity contribution is 5.75. The maximum atomic E-state index is 10.6. The summed E-state index contributed by atoms with van der Waals surface area (Å²) < 4.78 is 1.77. The Labute approximate surface area is 129 Å². The normalized spacial score (nSPS) is 13.4. The van der Waals surface area contributed by atoms with Crippen LogP contribution in [0.25, 0.3) is 0 Å². The number of aliphatic carboxylic acids is 1. The Morgan fingerprint density at radius 3 is 2.50 bits per heavy atom. The van der Waals surface area contributed by atoms with Gasteiger partial charge in [-0.3, -0.25) is 9.79 Å². The number of guanidine groups is 1. The number of carboxylic acids is 1. The van der Waals surface area contributed by atoms with E-state index in [4.69, 9.17) is 22.3 Å². The molecule has 0 fully saturated rings. The van der Waals surface area contributed by atoms with Gasteiger partial charge in [0.15, 0.2) is 24.9 Å². The lowest BCUT2D eigenvalue weighted by atomic mass is 10.1. The molecule has 0 saturated heterocycles. The second kappa shape index (κ2) is 8.96. The molecule has 122 valence electrons. The molecule has 1 aromatic heterocycles. The number of aliphatic hydroxyl groups excluding tert-OH is 1. The summed E-state index contributed by atoms with van der Waals surface area (Å²) in [6.45, 7) is 0.830. The van der Waals surface area contributed by atoms with Crippen LogP contribution >= 0.6 is 0 Å². The molecular weight excluding hydrogens is 286 g/mol. The van der Waals surface area contributed by atoms with Crippen molar-refractivity contribution in [2.45, 2.75) is 38.0 Å². The first-order valence-electron chi connectivity index (χ1n) is 7.07. The van der Waals surface area contributed by atoms with Crippen LogP contribution in [-0.4, -0.2) is 40.8 Å². The van der Waals surface area contributed by atoms with Crippen molar-refractivity contribution in [2.24, 2.45) is 22.2 Å². The summed E-state index contributed by atoms with van der Waals surface area (Å²) in [4.78, 5) is 14.5. The fourth-order valence-electron chi connectivity index (χ4n) is 1.98. The van der Waals surface area contributed by atoms with Gasteiger partial charge in [0.25, 0.3) is 0 Å². The van der Waals surface area contributed by atoms with Gasteiger partial charge >= 0.3 is 5.97 Å². The summed E-state index contributed by atoms with van der Waals surface area (Å²) >= 11 is 0. The number of carboxylic acid groups (broad SMARTS) is 1. The van der Waals surface area contributed by atoms with E-state index in [1.165, 1.54) is 0 Å². The molecule has 1 heterocycles. The molecule has 0 bridgehead atoms. The average molecular weight is 310 g/mol. The summed E-state index contributed by atoms with van der Waals surface area (Å²) in [5.41, 5.74) is 17.1. The third-order valence-electron chi connectivity index (χ3n) is 3.20. The smallest absolute Gasteiger partial charge is 0.307 e. The highest BCUT2D eigenvalue weighted by Crippen LogP contribution is 2.02. The number of carbonyl (C=O) groups is 1. The second-order valence-electron chi connectivity index (χ2n) is 5.15. The number of aliphatic hydroxyl groups is 1. The van der Waals surface area contributed by atoms with Gasteiger partial charge in [-0.1, -0.05) is 0 Å². The van der Waals surface area contributed by atoms with E-state index in [9.17, 15) is 9.90 Å². The van der Waals surface area contributed by atoms with Crippen molar-refractivity contribution in [2.75, 3.05) is 6.54 Å². The van der Waals surface area contributed by atoms with Gasteiger partial charge in [0.1, 0.15) is 6.10 Å². The lowest BCUT2D eigenvalue weighted by molar-refractivity contribution is -0.704. The van der Waals surface area contributed by atoms with Crippen LogP contribution < -0.4 is 21.8 Å². The van der Waals surface area contributed by atoms with Crippen molar-refractivity contribution >= 4 is 11.9 Å². The van der Waals surface area contributed by atoms with E-state index in [2.05, 4.69) is 4.99 Å². The minimum absolute atomic E-state index is 0.0201. The SMILES string of the molecule is NC(N)=NCCC[C@H](N)[C@H](O)C[n+]1ccc(CC(=O)O)cc1. The predicted molar refractivity (Wildman–Crippen MR) is 81.9 cm³/mol. The summed E-state index contributed by atoms with van der Waals surface area (Å²) in [6.07, 6.45) is 4.04. The van der Waals surface area contributed by atoms with Gasteiger partial charge in [0, 0.05) is 24.7 Å². The van der Waals surface area contributed by atoms with Crippen molar-refractivity contribution in [3.05, 3.63) is 30.1 Å². The summed E-state index contributed by atoms with van der Waals surface area (Å²) in [5, 5.41) is 18.8. The largest absolute Gasteiger partial charge is 0.481 e. The number of rotatable bonds is 9. The van der Waals surface area contributed by atoms with Crippen LogP contribution in [-0.2, 0) is 17.8 Å². The van der Waals surface area contributed by atoms with Crippen LogP contribution in [0.5, 0.6) is 0 Å². The maximum absolute atomic E-state index is 10.6. The first-order chi connectivity index (χ1) is 10.4. The Balaban J connectivity index is 2.41. The Morgan fingerprint density at radius 2 is 1.95 bits per heavy atom. The molecule has 0 amide bonds. The number of hydrogen-bond acceptors (Lipinski definition) is 4. The molecule has 0 aliphatic rings. The zero-order valence-electron chi connectivity index (χ0n) is 12.4. The number of aromatic nitrogens is 1. The van der Waals surface area contributed by atoms with Crippen molar-refractivity contribution in [1.82, 2.24) is 0 Å². The fourth-order valence-corrected chi connectivity index (χ4v) is 1.98. The lowest BCUT2D eigenvalue weighted by Gasteiger charge is -2.15. The first kappa shape index (κ1) is 17.9. The predicted octanol–water partition coefficient (Wildman–Crippen LogP) is -1.66. The molecule has 0 aliphatic carbocycles. The van der Waals surface area contributed by atoms with Gasteiger partial charge in [-0.05, 0) is 18.4 Å². The fraction of sp³-hybridized carbons (Fsp3) is 0.500. The Bertz CT molecular complexity index is 500.